The number of aliphatic imine (C=N–C) groups is 1. The molecule has 2 amide bonds. The Balaban J connectivity index is 1.31. The minimum atomic E-state index is -0.428. The van der Waals surface area contributed by atoms with E-state index in [1.54, 1.807) is 18.7 Å². The summed E-state index contributed by atoms with van der Waals surface area (Å²) in [6.07, 6.45) is 8.19. The summed E-state index contributed by atoms with van der Waals surface area (Å²) in [7, 11) is 0. The summed E-state index contributed by atoms with van der Waals surface area (Å²) >= 11 is 1.64. The predicted octanol–water partition coefficient (Wildman–Crippen LogP) is 2.80. The number of carbonyl (C=O) groups is 2. The molecule has 138 valence electrons. The molecule has 2 aliphatic heterocycles. The lowest BCUT2D eigenvalue weighted by Gasteiger charge is -2.34. The van der Waals surface area contributed by atoms with Gasteiger partial charge in [0.1, 0.15) is 4.75 Å². The Labute approximate surface area is 154 Å². The van der Waals surface area contributed by atoms with Crippen LogP contribution in [0.5, 0.6) is 0 Å². The fourth-order valence-electron chi connectivity index (χ4n) is 5.26. The van der Waals surface area contributed by atoms with Gasteiger partial charge in [-0.3, -0.25) is 9.59 Å². The zero-order valence-electron chi connectivity index (χ0n) is 15.3. The molecule has 2 heterocycles. The van der Waals surface area contributed by atoms with Gasteiger partial charge < -0.3 is 10.2 Å². The monoisotopic (exact) mass is 363 g/mol. The van der Waals surface area contributed by atoms with E-state index >= 15 is 0 Å². The third-order valence-corrected chi connectivity index (χ3v) is 7.96. The number of rotatable bonds is 3. The summed E-state index contributed by atoms with van der Waals surface area (Å²) in [4.78, 5) is 30.3. The Morgan fingerprint density at radius 1 is 1.28 bits per heavy atom. The topological polar surface area (TPSA) is 61.8 Å². The normalized spacial score (nSPS) is 38.3. The molecule has 4 atom stereocenters. The van der Waals surface area contributed by atoms with Crippen molar-refractivity contribution in [2.75, 3.05) is 13.1 Å². The molecular weight excluding hydrogens is 334 g/mol. The van der Waals surface area contributed by atoms with Crippen LogP contribution in [0.3, 0.4) is 0 Å². The van der Waals surface area contributed by atoms with Gasteiger partial charge in [0.2, 0.25) is 5.91 Å². The zero-order valence-corrected chi connectivity index (χ0v) is 16.1. The number of amides is 2. The van der Waals surface area contributed by atoms with Gasteiger partial charge >= 0.3 is 0 Å². The smallest absolute Gasteiger partial charge is 0.264 e. The first-order chi connectivity index (χ1) is 11.9. The molecule has 25 heavy (non-hydrogen) atoms. The van der Waals surface area contributed by atoms with Crippen molar-refractivity contribution < 1.29 is 9.59 Å². The molecule has 1 saturated heterocycles. The molecule has 4 aliphatic rings. The average molecular weight is 364 g/mol. The molecule has 3 fully saturated rings. The molecule has 0 aromatic carbocycles. The average Bonchev–Trinajstić information content (AvgIpc) is 3.24. The second-order valence-corrected chi connectivity index (χ2v) is 10.1. The standard InChI is InChI=1S/C19H29N3O2S/c1-12(23)22-7-5-13(6-8-22)11-19(2)17(24)21-18(25-19)20-16-10-14-3-4-15(16)9-14/h13-16H,3-11H2,1-2H3,(H,20,21,24)/t14?,15?,16-,19?/m0/s1. The van der Waals surface area contributed by atoms with Crippen molar-refractivity contribution in [3.05, 3.63) is 0 Å². The van der Waals surface area contributed by atoms with Crippen LogP contribution in [-0.4, -0.2) is 45.8 Å². The maximum atomic E-state index is 12.6. The van der Waals surface area contributed by atoms with Gasteiger partial charge in [0.15, 0.2) is 5.17 Å². The van der Waals surface area contributed by atoms with Crippen LogP contribution in [0.15, 0.2) is 4.99 Å². The number of carbonyl (C=O) groups excluding carboxylic acids is 2. The maximum Gasteiger partial charge on any atom is 0.264 e. The van der Waals surface area contributed by atoms with Crippen molar-refractivity contribution in [3.8, 4) is 0 Å². The molecule has 0 aromatic heterocycles. The number of amidine groups is 1. The molecule has 2 saturated carbocycles. The van der Waals surface area contributed by atoms with Crippen molar-refractivity contribution in [2.24, 2.45) is 22.7 Å². The first kappa shape index (κ1) is 17.4. The van der Waals surface area contributed by atoms with E-state index in [1.807, 2.05) is 4.90 Å². The van der Waals surface area contributed by atoms with Gasteiger partial charge in [-0.05, 0) is 63.2 Å². The van der Waals surface area contributed by atoms with Crippen LogP contribution in [0.1, 0.15) is 58.8 Å². The minimum Gasteiger partial charge on any atom is -0.361 e. The van der Waals surface area contributed by atoms with Crippen molar-refractivity contribution in [2.45, 2.75) is 69.6 Å². The number of hydrogen-bond acceptors (Lipinski definition) is 4. The molecule has 2 aliphatic carbocycles. The zero-order chi connectivity index (χ0) is 17.6. The van der Waals surface area contributed by atoms with Gasteiger partial charge in [0, 0.05) is 26.1 Å². The highest BCUT2D eigenvalue weighted by Crippen LogP contribution is 2.46. The number of fused-ring (bicyclic) bond motifs is 2. The Kier molecular flexibility index (Phi) is 4.59. The largest absolute Gasteiger partial charge is 0.361 e. The highest BCUT2D eigenvalue weighted by atomic mass is 32.2. The maximum absolute atomic E-state index is 12.6. The fraction of sp³-hybridized carbons (Fsp3) is 0.842. The molecule has 5 nitrogen and oxygen atoms in total. The number of piperidine rings is 1. The number of nitrogens with zero attached hydrogens (tertiary/aromatic N) is 2. The van der Waals surface area contributed by atoms with Crippen LogP contribution in [0.2, 0.25) is 0 Å². The first-order valence-corrected chi connectivity index (χ1v) is 10.6. The Morgan fingerprint density at radius 2 is 2.04 bits per heavy atom. The van der Waals surface area contributed by atoms with Gasteiger partial charge in [-0.15, -0.1) is 0 Å². The minimum absolute atomic E-state index is 0.0251. The van der Waals surface area contributed by atoms with E-state index in [1.165, 1.54) is 25.7 Å². The van der Waals surface area contributed by atoms with Crippen molar-refractivity contribution in [1.82, 2.24) is 10.2 Å². The lowest BCUT2D eigenvalue weighted by atomic mass is 9.87. The summed E-state index contributed by atoms with van der Waals surface area (Å²) in [5, 5.41) is 4.45. The van der Waals surface area contributed by atoms with Gasteiger partial charge in [-0.2, -0.15) is 4.99 Å². The van der Waals surface area contributed by atoms with Crippen molar-refractivity contribution >= 4 is 28.7 Å². The summed E-state index contributed by atoms with van der Waals surface area (Å²) in [6, 6.07) is 0.527. The third-order valence-electron chi connectivity index (χ3n) is 6.76. The SMILES string of the molecule is CC(=O)N1CCC(CC2(C)SC(N[C@H]3CC4CCC3C4)=NC2=O)CC1. The van der Waals surface area contributed by atoms with Gasteiger partial charge in [0.05, 0.1) is 0 Å². The first-order valence-electron chi connectivity index (χ1n) is 9.77. The molecule has 3 unspecified atom stereocenters. The number of nitrogens with one attached hydrogen (secondary N) is 1. The van der Waals surface area contributed by atoms with E-state index in [-0.39, 0.29) is 11.8 Å². The van der Waals surface area contributed by atoms with Crippen LogP contribution < -0.4 is 5.32 Å². The van der Waals surface area contributed by atoms with Crippen LogP contribution in [0, 0.1) is 17.8 Å². The second kappa shape index (κ2) is 6.60. The second-order valence-electron chi connectivity index (χ2n) is 8.63. The van der Waals surface area contributed by atoms with Crippen molar-refractivity contribution in [3.63, 3.8) is 0 Å². The summed E-state index contributed by atoms with van der Waals surface area (Å²) in [5.74, 6) is 2.37. The highest BCUT2D eigenvalue weighted by molar-refractivity contribution is 8.16. The summed E-state index contributed by atoms with van der Waals surface area (Å²) < 4.78 is -0.428. The van der Waals surface area contributed by atoms with E-state index in [9.17, 15) is 9.59 Å². The van der Waals surface area contributed by atoms with Crippen LogP contribution >= 0.6 is 11.8 Å². The third kappa shape index (κ3) is 3.46. The van der Waals surface area contributed by atoms with E-state index in [0.717, 1.165) is 49.4 Å². The molecule has 6 heteroatoms. The molecule has 4 rings (SSSR count). The van der Waals surface area contributed by atoms with Crippen molar-refractivity contribution in [1.29, 1.82) is 0 Å². The summed E-state index contributed by atoms with van der Waals surface area (Å²) in [5.41, 5.74) is 0. The molecule has 0 spiro atoms. The number of likely N-dealkylation sites (tertiary alicyclic amines) is 1. The van der Waals surface area contributed by atoms with Crippen LogP contribution in [0.25, 0.3) is 0 Å². The lowest BCUT2D eigenvalue weighted by molar-refractivity contribution is -0.130. The molecule has 0 aromatic rings. The summed E-state index contributed by atoms with van der Waals surface area (Å²) in [6.45, 7) is 5.34. The highest BCUT2D eigenvalue weighted by Gasteiger charge is 2.45. The fourth-order valence-corrected chi connectivity index (χ4v) is 6.48. The molecule has 2 bridgehead atoms. The van der Waals surface area contributed by atoms with Gasteiger partial charge in [0.25, 0.3) is 5.91 Å². The number of hydrogen-bond donors (Lipinski definition) is 1. The van der Waals surface area contributed by atoms with Crippen LogP contribution in [-0.2, 0) is 9.59 Å². The molecule has 1 N–H and O–H groups in total. The van der Waals surface area contributed by atoms with Gasteiger partial charge in [-0.25, -0.2) is 0 Å². The van der Waals surface area contributed by atoms with Crippen LogP contribution in [0.4, 0.5) is 0 Å². The van der Waals surface area contributed by atoms with E-state index in [2.05, 4.69) is 17.2 Å². The quantitative estimate of drug-likeness (QED) is 0.837. The Bertz CT molecular complexity index is 599. The van der Waals surface area contributed by atoms with E-state index in [0.29, 0.717) is 12.0 Å². The Morgan fingerprint density at radius 3 is 2.64 bits per heavy atom. The predicted molar refractivity (Wildman–Crippen MR) is 100 cm³/mol. The number of thioether (sulfide) groups is 1. The molecular formula is C19H29N3O2S. The molecule has 0 radical (unpaired) electrons. The van der Waals surface area contributed by atoms with E-state index in [4.69, 9.17) is 0 Å². The van der Waals surface area contributed by atoms with Gasteiger partial charge in [-0.1, -0.05) is 18.2 Å². The lowest BCUT2D eigenvalue weighted by Crippen LogP contribution is -2.40. The Hall–Kier alpha value is -1.04. The van der Waals surface area contributed by atoms with E-state index < -0.39 is 4.75 Å².